The van der Waals surface area contributed by atoms with E-state index in [1.165, 1.54) is 25.7 Å². The van der Waals surface area contributed by atoms with Crippen molar-refractivity contribution < 1.29 is 9.53 Å². The summed E-state index contributed by atoms with van der Waals surface area (Å²) >= 11 is 0. The molecule has 17 heavy (non-hydrogen) atoms. The van der Waals surface area contributed by atoms with Crippen LogP contribution in [0.5, 0.6) is 0 Å². The highest BCUT2D eigenvalue weighted by atomic mass is 16.5. The summed E-state index contributed by atoms with van der Waals surface area (Å²) in [5, 5.41) is 3.23. The molecule has 4 heteroatoms. The van der Waals surface area contributed by atoms with Crippen LogP contribution in [-0.2, 0) is 9.53 Å². The maximum atomic E-state index is 11.7. The molecule has 0 unspecified atom stereocenters. The van der Waals surface area contributed by atoms with Crippen LogP contribution in [-0.4, -0.2) is 50.2 Å². The highest BCUT2D eigenvalue weighted by Crippen LogP contribution is 2.02. The van der Waals surface area contributed by atoms with Gasteiger partial charge in [-0.15, -0.1) is 0 Å². The zero-order valence-electron chi connectivity index (χ0n) is 11.0. The number of hydrogen-bond acceptors (Lipinski definition) is 3. The molecule has 0 aliphatic carbocycles. The first-order valence-corrected chi connectivity index (χ1v) is 6.91. The number of rotatable bonds is 8. The summed E-state index contributed by atoms with van der Waals surface area (Å²) in [6, 6.07) is 0. The summed E-state index contributed by atoms with van der Waals surface area (Å²) in [4.78, 5) is 13.6. The lowest BCUT2D eigenvalue weighted by molar-refractivity contribution is -0.136. The van der Waals surface area contributed by atoms with Crippen LogP contribution in [0.1, 0.15) is 39.0 Å². The Morgan fingerprint density at radius 3 is 2.59 bits per heavy atom. The number of carbonyl (C=O) groups is 1. The van der Waals surface area contributed by atoms with E-state index in [0.717, 1.165) is 39.2 Å². The molecule has 0 radical (unpaired) electrons. The topological polar surface area (TPSA) is 41.6 Å². The average molecular weight is 242 g/mol. The third-order valence-corrected chi connectivity index (χ3v) is 3.09. The number of nitrogens with zero attached hydrogens (tertiary/aromatic N) is 1. The Balaban J connectivity index is 1.92. The van der Waals surface area contributed by atoms with Crippen LogP contribution in [0.2, 0.25) is 0 Å². The Hall–Kier alpha value is -0.610. The number of ether oxygens (including phenoxy) is 1. The lowest BCUT2D eigenvalue weighted by Gasteiger charge is -2.27. The van der Waals surface area contributed by atoms with Crippen LogP contribution in [0.25, 0.3) is 0 Å². The van der Waals surface area contributed by atoms with Crippen molar-refractivity contribution in [2.24, 2.45) is 0 Å². The van der Waals surface area contributed by atoms with Crippen molar-refractivity contribution in [2.45, 2.75) is 39.0 Å². The Morgan fingerprint density at radius 1 is 1.18 bits per heavy atom. The third kappa shape index (κ3) is 6.64. The van der Waals surface area contributed by atoms with E-state index in [1.54, 1.807) is 0 Å². The molecular formula is C13H26N2O2. The Kier molecular flexibility index (Phi) is 8.01. The second-order valence-electron chi connectivity index (χ2n) is 4.60. The smallest absolute Gasteiger partial charge is 0.248 e. The van der Waals surface area contributed by atoms with Crippen molar-refractivity contribution in [1.82, 2.24) is 10.2 Å². The Labute approximate surface area is 105 Å². The molecule has 1 aliphatic rings. The number of nitrogens with one attached hydrogen (secondary N) is 1. The second-order valence-corrected chi connectivity index (χ2v) is 4.60. The van der Waals surface area contributed by atoms with Gasteiger partial charge in [-0.05, 0) is 6.42 Å². The van der Waals surface area contributed by atoms with Crippen LogP contribution in [0.15, 0.2) is 0 Å². The fraction of sp³-hybridized carbons (Fsp3) is 0.923. The van der Waals surface area contributed by atoms with E-state index < -0.39 is 0 Å². The van der Waals surface area contributed by atoms with Crippen LogP contribution in [0.3, 0.4) is 0 Å². The zero-order valence-corrected chi connectivity index (χ0v) is 11.0. The number of piperazine rings is 1. The number of hydrogen-bond donors (Lipinski definition) is 1. The number of carbonyl (C=O) groups excluding carboxylic acids is 1. The molecule has 0 aromatic heterocycles. The van der Waals surface area contributed by atoms with E-state index in [1.807, 2.05) is 4.90 Å². The normalized spacial score (nSPS) is 16.2. The van der Waals surface area contributed by atoms with Crippen molar-refractivity contribution in [2.75, 3.05) is 39.4 Å². The van der Waals surface area contributed by atoms with Gasteiger partial charge in [0, 0.05) is 32.8 Å². The van der Waals surface area contributed by atoms with Gasteiger partial charge in [0.05, 0.1) is 0 Å². The van der Waals surface area contributed by atoms with Gasteiger partial charge < -0.3 is 15.0 Å². The second kappa shape index (κ2) is 9.42. The summed E-state index contributed by atoms with van der Waals surface area (Å²) in [5.74, 6) is 0.139. The molecule has 1 aliphatic heterocycles. The van der Waals surface area contributed by atoms with Crippen molar-refractivity contribution in [1.29, 1.82) is 0 Å². The van der Waals surface area contributed by atoms with Gasteiger partial charge in [0.25, 0.3) is 0 Å². The lowest BCUT2D eigenvalue weighted by Crippen LogP contribution is -2.47. The molecule has 0 atom stereocenters. The summed E-state index contributed by atoms with van der Waals surface area (Å²) in [5.41, 5.74) is 0. The predicted octanol–water partition coefficient (Wildman–Crippen LogP) is 1.41. The average Bonchev–Trinajstić information content (AvgIpc) is 2.38. The molecule has 1 rings (SSSR count). The molecule has 1 amide bonds. The van der Waals surface area contributed by atoms with Crippen molar-refractivity contribution in [3.05, 3.63) is 0 Å². The van der Waals surface area contributed by atoms with Crippen molar-refractivity contribution in [3.8, 4) is 0 Å². The summed E-state index contributed by atoms with van der Waals surface area (Å²) in [7, 11) is 0. The molecule has 100 valence electrons. The Morgan fingerprint density at radius 2 is 1.88 bits per heavy atom. The van der Waals surface area contributed by atoms with E-state index in [0.29, 0.717) is 0 Å². The van der Waals surface area contributed by atoms with Gasteiger partial charge in [-0.2, -0.15) is 0 Å². The van der Waals surface area contributed by atoms with Crippen molar-refractivity contribution >= 4 is 5.91 Å². The molecule has 0 saturated carbocycles. The number of amides is 1. The molecule has 4 nitrogen and oxygen atoms in total. The van der Waals surface area contributed by atoms with Gasteiger partial charge in [0.2, 0.25) is 5.91 Å². The van der Waals surface area contributed by atoms with Crippen LogP contribution < -0.4 is 5.32 Å². The first-order chi connectivity index (χ1) is 8.34. The molecule has 0 spiro atoms. The Bertz CT molecular complexity index is 204. The number of unbranched alkanes of at least 4 members (excludes halogenated alkanes) is 4. The minimum absolute atomic E-state index is 0.139. The first kappa shape index (κ1) is 14.5. The third-order valence-electron chi connectivity index (χ3n) is 3.09. The van der Waals surface area contributed by atoms with Gasteiger partial charge in [-0.1, -0.05) is 32.6 Å². The van der Waals surface area contributed by atoms with Crippen LogP contribution >= 0.6 is 0 Å². The molecule has 1 saturated heterocycles. The fourth-order valence-corrected chi connectivity index (χ4v) is 1.97. The van der Waals surface area contributed by atoms with Gasteiger partial charge >= 0.3 is 0 Å². The van der Waals surface area contributed by atoms with E-state index in [2.05, 4.69) is 12.2 Å². The molecule has 1 N–H and O–H groups in total. The predicted molar refractivity (Wildman–Crippen MR) is 69.0 cm³/mol. The van der Waals surface area contributed by atoms with Gasteiger partial charge in [0.1, 0.15) is 6.61 Å². The van der Waals surface area contributed by atoms with Crippen LogP contribution in [0, 0.1) is 0 Å². The van der Waals surface area contributed by atoms with E-state index in [-0.39, 0.29) is 12.5 Å². The van der Waals surface area contributed by atoms with E-state index in [9.17, 15) is 4.79 Å². The molecular weight excluding hydrogens is 216 g/mol. The summed E-state index contributed by atoms with van der Waals surface area (Å²) < 4.78 is 5.42. The summed E-state index contributed by atoms with van der Waals surface area (Å²) in [6.45, 7) is 6.64. The van der Waals surface area contributed by atoms with Gasteiger partial charge in [0.15, 0.2) is 0 Å². The quantitative estimate of drug-likeness (QED) is 0.654. The maximum absolute atomic E-state index is 11.7. The molecule has 0 bridgehead atoms. The summed E-state index contributed by atoms with van der Waals surface area (Å²) in [6.07, 6.45) is 6.15. The van der Waals surface area contributed by atoms with Gasteiger partial charge in [-0.25, -0.2) is 0 Å². The first-order valence-electron chi connectivity index (χ1n) is 6.91. The highest BCUT2D eigenvalue weighted by Gasteiger charge is 2.15. The molecule has 1 heterocycles. The monoisotopic (exact) mass is 242 g/mol. The van der Waals surface area contributed by atoms with Gasteiger partial charge in [-0.3, -0.25) is 4.79 Å². The SMILES string of the molecule is CCCCCCCOCC(=O)N1CCNCC1. The molecule has 0 aromatic carbocycles. The highest BCUT2D eigenvalue weighted by molar-refractivity contribution is 5.77. The zero-order chi connectivity index (χ0) is 12.3. The minimum Gasteiger partial charge on any atom is -0.372 e. The standard InChI is InChI=1S/C13H26N2O2/c1-2-3-4-5-6-11-17-12-13(16)15-9-7-14-8-10-15/h14H,2-12H2,1H3. The fourth-order valence-electron chi connectivity index (χ4n) is 1.97. The lowest BCUT2D eigenvalue weighted by atomic mass is 10.2. The maximum Gasteiger partial charge on any atom is 0.248 e. The van der Waals surface area contributed by atoms with E-state index >= 15 is 0 Å². The molecule has 1 fully saturated rings. The van der Waals surface area contributed by atoms with Crippen molar-refractivity contribution in [3.63, 3.8) is 0 Å². The van der Waals surface area contributed by atoms with Crippen LogP contribution in [0.4, 0.5) is 0 Å². The molecule has 0 aromatic rings. The minimum atomic E-state index is 0.139. The largest absolute Gasteiger partial charge is 0.372 e. The van der Waals surface area contributed by atoms with E-state index in [4.69, 9.17) is 4.74 Å².